The number of benzene rings is 3. The summed E-state index contributed by atoms with van der Waals surface area (Å²) < 4.78 is 56.1. The second-order valence-corrected chi connectivity index (χ2v) is 20.9. The second kappa shape index (κ2) is 18.8. The molecule has 0 saturated heterocycles. The molecular formula is C48H49F3N4O2SSi. The predicted molar refractivity (Wildman–Crippen MR) is 236 cm³/mol. The molecule has 0 radical (unpaired) electrons. The molecule has 4 aromatic rings. The number of ether oxygens (including phenoxy) is 1. The van der Waals surface area contributed by atoms with Crippen LogP contribution in [-0.2, 0) is 4.74 Å². The minimum absolute atomic E-state index is 0.276. The van der Waals surface area contributed by atoms with E-state index in [0.717, 1.165) is 77.9 Å². The van der Waals surface area contributed by atoms with Crippen molar-refractivity contribution in [3.05, 3.63) is 146 Å². The molecule has 0 fully saturated rings. The summed E-state index contributed by atoms with van der Waals surface area (Å²) in [7, 11) is -3.02. The smallest absolute Gasteiger partial charge is 0.430 e. The van der Waals surface area contributed by atoms with E-state index in [1.165, 1.54) is 23.5 Å². The van der Waals surface area contributed by atoms with Crippen molar-refractivity contribution >= 4 is 53.9 Å². The maximum absolute atomic E-state index is 14.4. The quantitative estimate of drug-likeness (QED) is 0.0678. The number of anilines is 1. The van der Waals surface area contributed by atoms with Crippen LogP contribution in [0.2, 0.25) is 5.04 Å². The first-order valence-corrected chi connectivity index (χ1v) is 22.5. The van der Waals surface area contributed by atoms with Gasteiger partial charge in [-0.25, -0.2) is 4.85 Å². The molecule has 1 aliphatic heterocycles. The lowest BCUT2D eigenvalue weighted by Crippen LogP contribution is -2.68. The van der Waals surface area contributed by atoms with E-state index in [1.807, 2.05) is 30.4 Å². The topological polar surface area (TPSA) is 73.6 Å². The van der Waals surface area contributed by atoms with Crippen molar-refractivity contribution in [2.45, 2.75) is 84.0 Å². The zero-order chi connectivity index (χ0) is 42.8. The Labute approximate surface area is 351 Å². The van der Waals surface area contributed by atoms with Gasteiger partial charge in [0, 0.05) is 45.7 Å². The zero-order valence-electron chi connectivity index (χ0n) is 34.4. The van der Waals surface area contributed by atoms with Crippen LogP contribution in [0.5, 0.6) is 5.75 Å². The van der Waals surface area contributed by atoms with Crippen LogP contribution in [0.1, 0.15) is 82.5 Å². The van der Waals surface area contributed by atoms with Gasteiger partial charge in [-0.15, -0.1) is 11.3 Å². The Balaban J connectivity index is 1.60. The minimum atomic E-state index is -4.93. The van der Waals surface area contributed by atoms with Crippen LogP contribution in [0, 0.1) is 29.2 Å². The molecule has 0 saturated carbocycles. The van der Waals surface area contributed by atoms with Crippen molar-refractivity contribution in [3.8, 4) is 17.9 Å². The fourth-order valence-corrected chi connectivity index (χ4v) is 12.5. The molecular weight excluding hydrogens is 782 g/mol. The Morgan fingerprint density at radius 1 is 0.847 bits per heavy atom. The number of nitrogens with zero attached hydrogens (tertiary/aromatic N) is 4. The van der Waals surface area contributed by atoms with Gasteiger partial charge in [0.25, 0.3) is 0 Å². The molecule has 0 N–H and O–H groups in total. The summed E-state index contributed by atoms with van der Waals surface area (Å²) in [6.45, 7) is 21.5. The third kappa shape index (κ3) is 9.41. The molecule has 1 aliphatic rings. The number of hydrogen-bond acceptors (Lipinski definition) is 6. The van der Waals surface area contributed by atoms with E-state index in [4.69, 9.17) is 15.7 Å². The number of alkyl halides is 3. The summed E-state index contributed by atoms with van der Waals surface area (Å²) >= 11 is 1.36. The van der Waals surface area contributed by atoms with Gasteiger partial charge in [0.05, 0.1) is 6.57 Å². The van der Waals surface area contributed by atoms with Gasteiger partial charge in [0.2, 0.25) is 11.3 Å². The summed E-state index contributed by atoms with van der Waals surface area (Å²) in [6.07, 6.45) is 6.05. The highest BCUT2D eigenvalue weighted by atomic mass is 32.1. The van der Waals surface area contributed by atoms with Gasteiger partial charge in [-0.2, -0.15) is 23.7 Å². The molecule has 1 aromatic heterocycles. The molecule has 304 valence electrons. The average Bonchev–Trinajstić information content (AvgIpc) is 3.80. The Kier molecular flexibility index (Phi) is 14.2. The maximum atomic E-state index is 14.4. The monoisotopic (exact) mass is 830 g/mol. The van der Waals surface area contributed by atoms with Crippen LogP contribution in [0.4, 0.5) is 18.9 Å². The van der Waals surface area contributed by atoms with E-state index in [1.54, 1.807) is 18.2 Å². The molecule has 2 heterocycles. The molecule has 0 spiro atoms. The van der Waals surface area contributed by atoms with E-state index in [-0.39, 0.29) is 5.04 Å². The van der Waals surface area contributed by atoms with E-state index in [2.05, 4.69) is 111 Å². The predicted octanol–water partition coefficient (Wildman–Crippen LogP) is 12.1. The maximum Gasteiger partial charge on any atom is 0.430 e. The van der Waals surface area contributed by atoms with Crippen LogP contribution < -0.4 is 19.7 Å². The fraction of sp³-hybridized carbons (Fsp3) is 0.312. The Hall–Kier alpha value is -5.80. The second-order valence-electron chi connectivity index (χ2n) is 15.5. The van der Waals surface area contributed by atoms with Gasteiger partial charge in [-0.05, 0) is 77.7 Å². The van der Waals surface area contributed by atoms with Gasteiger partial charge < -0.3 is 14.1 Å². The largest absolute Gasteiger partial charge is 0.534 e. The van der Waals surface area contributed by atoms with E-state index in [0.29, 0.717) is 4.88 Å². The lowest BCUT2D eigenvalue weighted by Gasteiger charge is -2.43. The standard InChI is InChI=1S/C48H49F3N4O2SSi/c1-8-10-30-55(31-11-9-2)37-24-22-35(43(32-37)57-59(46(3,4)5,40-18-14-12-15-19-40)41-20-16-13-17-21-41)23-25-38-26-27-39(58-38)28-29-42-44(54-7)45(36(33-52)34-53)56-47(42,6)48(49,50)51/h12-29,32H,8-11,30-31H2,1-6H3/b25-23+,29-28+. The van der Waals surface area contributed by atoms with Crippen LogP contribution in [0.25, 0.3) is 23.1 Å². The Morgan fingerprint density at radius 2 is 1.39 bits per heavy atom. The highest BCUT2D eigenvalue weighted by molar-refractivity contribution is 7.13. The number of allylic oxidation sites excluding steroid dienone is 1. The summed E-state index contributed by atoms with van der Waals surface area (Å²) in [5.74, 6) is 0.104. The van der Waals surface area contributed by atoms with Gasteiger partial charge in [0.1, 0.15) is 17.9 Å². The molecule has 0 aliphatic carbocycles. The first kappa shape index (κ1) is 44.3. The van der Waals surface area contributed by atoms with Crippen LogP contribution in [0.3, 0.4) is 0 Å². The summed E-state index contributed by atoms with van der Waals surface area (Å²) in [5, 5.41) is 20.8. The number of halogens is 3. The van der Waals surface area contributed by atoms with Crippen molar-refractivity contribution in [2.24, 2.45) is 0 Å². The number of hydrogen-bond donors (Lipinski definition) is 0. The summed E-state index contributed by atoms with van der Waals surface area (Å²) in [4.78, 5) is 7.19. The molecule has 0 amide bonds. The van der Waals surface area contributed by atoms with E-state index >= 15 is 0 Å². The van der Waals surface area contributed by atoms with E-state index in [9.17, 15) is 23.7 Å². The third-order valence-corrected chi connectivity index (χ3v) is 16.4. The number of rotatable bonds is 15. The van der Waals surface area contributed by atoms with Crippen molar-refractivity contribution in [2.75, 3.05) is 18.0 Å². The van der Waals surface area contributed by atoms with Crippen molar-refractivity contribution in [1.29, 1.82) is 10.5 Å². The SMILES string of the molecule is [C-]#[N+]C1=C(/C=C/c2ccc(/C=C/c3ccc(N(CCCC)CCCC)cc3O[Si](c3ccccc3)(c3ccccc3)C(C)(C)C)s2)C(C)(C(F)(F)F)OC1=C(C#N)C#N. The highest BCUT2D eigenvalue weighted by Crippen LogP contribution is 2.50. The van der Waals surface area contributed by atoms with Crippen molar-refractivity contribution in [1.82, 2.24) is 0 Å². The van der Waals surface area contributed by atoms with Crippen LogP contribution >= 0.6 is 11.3 Å². The Morgan fingerprint density at radius 3 is 1.86 bits per heavy atom. The van der Waals surface area contributed by atoms with Gasteiger partial charge >= 0.3 is 14.5 Å². The first-order chi connectivity index (χ1) is 28.2. The molecule has 0 bridgehead atoms. The highest BCUT2D eigenvalue weighted by Gasteiger charge is 2.60. The molecule has 59 heavy (non-hydrogen) atoms. The molecule has 3 aromatic carbocycles. The van der Waals surface area contributed by atoms with Gasteiger partial charge in [0.15, 0.2) is 11.3 Å². The van der Waals surface area contributed by atoms with Crippen LogP contribution in [0.15, 0.2) is 120 Å². The minimum Gasteiger partial charge on any atom is -0.534 e. The van der Waals surface area contributed by atoms with Crippen molar-refractivity contribution in [3.63, 3.8) is 0 Å². The van der Waals surface area contributed by atoms with Gasteiger partial charge in [-0.1, -0.05) is 114 Å². The zero-order valence-corrected chi connectivity index (χ0v) is 36.2. The molecule has 5 rings (SSSR count). The van der Waals surface area contributed by atoms with Gasteiger partial charge in [-0.3, -0.25) is 0 Å². The molecule has 1 unspecified atom stereocenters. The lowest BCUT2D eigenvalue weighted by molar-refractivity contribution is -0.236. The summed E-state index contributed by atoms with van der Waals surface area (Å²) in [5.41, 5.74) is -2.62. The van der Waals surface area contributed by atoms with E-state index < -0.39 is 42.7 Å². The lowest BCUT2D eigenvalue weighted by atomic mass is 9.94. The number of nitriles is 2. The third-order valence-electron chi connectivity index (χ3n) is 10.5. The summed E-state index contributed by atoms with van der Waals surface area (Å²) in [6, 6.07) is 34.2. The molecule has 6 nitrogen and oxygen atoms in total. The van der Waals surface area contributed by atoms with Crippen molar-refractivity contribution < 1.29 is 22.3 Å². The fourth-order valence-electron chi connectivity index (χ4n) is 7.22. The average molecular weight is 831 g/mol. The Bertz CT molecular complexity index is 2290. The first-order valence-electron chi connectivity index (χ1n) is 19.7. The number of unbranched alkanes of at least 4 members (excludes halogenated alkanes) is 2. The number of thiophene rings is 1. The molecule has 11 heteroatoms. The normalized spacial score (nSPS) is 15.9. The van der Waals surface area contributed by atoms with Crippen LogP contribution in [-0.4, -0.2) is 33.2 Å². The molecule has 1 atom stereocenters.